The zero-order valence-electron chi connectivity index (χ0n) is 17.5. The Balaban J connectivity index is 2.26. The van der Waals surface area contributed by atoms with Crippen LogP contribution in [-0.2, 0) is 14.0 Å². The summed E-state index contributed by atoms with van der Waals surface area (Å²) in [6.07, 6.45) is 0.953. The molecule has 0 aliphatic heterocycles. The molecule has 1 aliphatic rings. The second kappa shape index (κ2) is 7.41. The van der Waals surface area contributed by atoms with Crippen molar-refractivity contribution < 1.29 is 14.0 Å². The lowest BCUT2D eigenvalue weighted by Gasteiger charge is -2.46. The van der Waals surface area contributed by atoms with Crippen molar-refractivity contribution in [3.8, 4) is 0 Å². The fourth-order valence-electron chi connectivity index (χ4n) is 4.43. The minimum absolute atomic E-state index is 0.0620. The van der Waals surface area contributed by atoms with Crippen molar-refractivity contribution in [3.05, 3.63) is 60.7 Å². The van der Waals surface area contributed by atoms with Crippen LogP contribution in [0.5, 0.6) is 0 Å². The Morgan fingerprint density at radius 1 is 0.964 bits per heavy atom. The summed E-state index contributed by atoms with van der Waals surface area (Å²) in [6.45, 7) is 10.1. The van der Waals surface area contributed by atoms with E-state index in [1.165, 1.54) is 0 Å². The summed E-state index contributed by atoms with van der Waals surface area (Å²) in [4.78, 5) is 26.2. The van der Waals surface area contributed by atoms with Crippen LogP contribution < -0.4 is 10.4 Å². The third-order valence-corrected chi connectivity index (χ3v) is 11.2. The van der Waals surface area contributed by atoms with Crippen molar-refractivity contribution in [2.24, 2.45) is 5.92 Å². The van der Waals surface area contributed by atoms with Crippen LogP contribution in [0, 0.1) is 5.92 Å². The summed E-state index contributed by atoms with van der Waals surface area (Å²) in [5, 5.41) is 1.88. The lowest BCUT2D eigenvalue weighted by molar-refractivity contribution is -0.141. The molecule has 2 atom stereocenters. The first-order valence-electron chi connectivity index (χ1n) is 10.1. The van der Waals surface area contributed by atoms with Gasteiger partial charge in [-0.3, -0.25) is 9.59 Å². The van der Waals surface area contributed by atoms with Crippen molar-refractivity contribution in [3.63, 3.8) is 0 Å². The van der Waals surface area contributed by atoms with Gasteiger partial charge in [-0.2, -0.15) is 0 Å². The average molecular weight is 395 g/mol. The van der Waals surface area contributed by atoms with Crippen molar-refractivity contribution in [1.82, 2.24) is 0 Å². The maximum Gasteiger partial charge on any atom is 0.263 e. The van der Waals surface area contributed by atoms with E-state index in [4.69, 9.17) is 4.43 Å². The third kappa shape index (κ3) is 3.19. The molecule has 0 bridgehead atoms. The van der Waals surface area contributed by atoms with Gasteiger partial charge in [0.2, 0.25) is 0 Å². The highest BCUT2D eigenvalue weighted by Gasteiger charge is 2.60. The van der Waals surface area contributed by atoms with E-state index in [0.29, 0.717) is 6.42 Å². The van der Waals surface area contributed by atoms with Gasteiger partial charge in [-0.15, -0.1) is 0 Å². The lowest BCUT2D eigenvalue weighted by Crippen LogP contribution is -2.70. The number of benzene rings is 2. The largest absolute Gasteiger partial charge is 0.389 e. The number of hydrogen-bond donors (Lipinski definition) is 0. The van der Waals surface area contributed by atoms with E-state index in [0.717, 1.165) is 10.4 Å². The highest BCUT2D eigenvalue weighted by molar-refractivity contribution is 6.99. The number of ketones is 2. The molecule has 0 saturated heterocycles. The molecule has 1 fully saturated rings. The Kier molecular flexibility index (Phi) is 5.48. The van der Waals surface area contributed by atoms with E-state index in [1.54, 1.807) is 6.92 Å². The van der Waals surface area contributed by atoms with Crippen molar-refractivity contribution in [1.29, 1.82) is 0 Å². The zero-order valence-corrected chi connectivity index (χ0v) is 18.5. The Bertz CT molecular complexity index is 815. The van der Waals surface area contributed by atoms with Gasteiger partial charge in [0, 0.05) is 12.3 Å². The molecule has 4 heteroatoms. The van der Waals surface area contributed by atoms with Crippen LogP contribution in [-0.4, -0.2) is 25.5 Å². The quantitative estimate of drug-likeness (QED) is 0.571. The predicted molar refractivity (Wildman–Crippen MR) is 116 cm³/mol. The van der Waals surface area contributed by atoms with Gasteiger partial charge in [0.1, 0.15) is 0 Å². The SMILES string of the molecule is CC[C@H]1CC(=O)[C@](C)(O[Si](c2ccccc2)(c2ccccc2)C(C)(C)C)C1=O. The maximum absolute atomic E-state index is 13.2. The van der Waals surface area contributed by atoms with Crippen LogP contribution in [0.4, 0.5) is 0 Å². The summed E-state index contributed by atoms with van der Waals surface area (Å²) in [5.41, 5.74) is -1.38. The van der Waals surface area contributed by atoms with Crippen LogP contribution in [0.3, 0.4) is 0 Å². The van der Waals surface area contributed by atoms with Crippen LogP contribution in [0.1, 0.15) is 47.5 Å². The topological polar surface area (TPSA) is 43.4 Å². The highest BCUT2D eigenvalue weighted by Crippen LogP contribution is 2.42. The van der Waals surface area contributed by atoms with E-state index >= 15 is 0 Å². The molecule has 0 radical (unpaired) electrons. The molecule has 0 unspecified atom stereocenters. The van der Waals surface area contributed by atoms with Crippen LogP contribution >= 0.6 is 0 Å². The normalized spacial score (nSPS) is 23.2. The lowest BCUT2D eigenvalue weighted by atomic mass is 9.99. The molecule has 0 heterocycles. The molecule has 0 N–H and O–H groups in total. The Morgan fingerprint density at radius 3 is 1.79 bits per heavy atom. The smallest absolute Gasteiger partial charge is 0.263 e. The highest BCUT2D eigenvalue weighted by atomic mass is 28.4. The van der Waals surface area contributed by atoms with E-state index < -0.39 is 13.9 Å². The van der Waals surface area contributed by atoms with Crippen molar-refractivity contribution >= 4 is 30.3 Å². The van der Waals surface area contributed by atoms with Gasteiger partial charge in [0.25, 0.3) is 8.32 Å². The van der Waals surface area contributed by atoms with E-state index in [9.17, 15) is 9.59 Å². The van der Waals surface area contributed by atoms with E-state index in [-0.39, 0.29) is 28.9 Å². The number of rotatable bonds is 5. The van der Waals surface area contributed by atoms with Crippen LogP contribution in [0.2, 0.25) is 5.04 Å². The molecule has 1 saturated carbocycles. The van der Waals surface area contributed by atoms with E-state index in [2.05, 4.69) is 45.0 Å². The van der Waals surface area contributed by atoms with Crippen LogP contribution in [0.15, 0.2) is 60.7 Å². The zero-order chi connectivity index (χ0) is 20.6. The number of hydrogen-bond acceptors (Lipinski definition) is 3. The molecule has 3 rings (SSSR count). The first-order chi connectivity index (χ1) is 13.2. The number of carbonyl (C=O) groups is 2. The first-order valence-corrected chi connectivity index (χ1v) is 12.0. The van der Waals surface area contributed by atoms with Crippen molar-refractivity contribution in [2.45, 2.75) is 58.1 Å². The minimum Gasteiger partial charge on any atom is -0.389 e. The fourth-order valence-corrected chi connectivity index (χ4v) is 9.19. The minimum atomic E-state index is -2.95. The first kappa shape index (κ1) is 20.7. The summed E-state index contributed by atoms with van der Waals surface area (Å²) in [6, 6.07) is 20.3. The molecule has 1 aliphatic carbocycles. The Labute approximate surface area is 169 Å². The van der Waals surface area contributed by atoms with Gasteiger partial charge in [-0.05, 0) is 28.8 Å². The van der Waals surface area contributed by atoms with Crippen molar-refractivity contribution in [2.75, 3.05) is 0 Å². The summed E-state index contributed by atoms with van der Waals surface area (Å²) in [7, 11) is -2.95. The molecule has 148 valence electrons. The Hall–Kier alpha value is -2.04. The van der Waals surface area contributed by atoms with Gasteiger partial charge >= 0.3 is 0 Å². The number of carbonyl (C=O) groups excluding carboxylic acids is 2. The Morgan fingerprint density at radius 2 is 1.43 bits per heavy atom. The second-order valence-electron chi connectivity index (χ2n) is 8.90. The maximum atomic E-state index is 13.2. The monoisotopic (exact) mass is 394 g/mol. The van der Waals surface area contributed by atoms with Gasteiger partial charge in [-0.1, -0.05) is 88.4 Å². The molecule has 0 spiro atoms. The molecule has 2 aromatic rings. The average Bonchev–Trinajstić information content (AvgIpc) is 2.90. The molecule has 2 aromatic carbocycles. The second-order valence-corrected chi connectivity index (χ2v) is 13.1. The molecule has 0 amide bonds. The standard InChI is InChI=1S/C24H30O3Si/c1-6-18-17-21(25)24(5,22(18)26)27-28(23(2,3)4,19-13-9-7-10-14-19)20-15-11-8-12-16-20/h7-16,18H,6,17H2,1-5H3/t18-,24-/m0/s1. The molecular formula is C24H30O3Si. The van der Waals surface area contributed by atoms with Gasteiger partial charge in [0.05, 0.1) is 0 Å². The predicted octanol–water partition coefficient (Wildman–Crippen LogP) is 3.89. The molecule has 3 nitrogen and oxygen atoms in total. The summed E-state index contributed by atoms with van der Waals surface area (Å²) in [5.74, 6) is -0.388. The van der Waals surface area contributed by atoms with Gasteiger partial charge in [0.15, 0.2) is 17.2 Å². The van der Waals surface area contributed by atoms with Crippen LogP contribution in [0.25, 0.3) is 0 Å². The summed E-state index contributed by atoms with van der Waals surface area (Å²) >= 11 is 0. The molecule has 0 aromatic heterocycles. The third-order valence-electron chi connectivity index (χ3n) is 6.07. The van der Waals surface area contributed by atoms with Gasteiger partial charge < -0.3 is 4.43 Å². The molecular weight excluding hydrogens is 364 g/mol. The summed E-state index contributed by atoms with van der Waals surface area (Å²) < 4.78 is 6.92. The number of Topliss-reactive ketones (excluding diaryl/α,β-unsaturated/α-hetero) is 2. The van der Waals surface area contributed by atoms with Gasteiger partial charge in [-0.25, -0.2) is 0 Å². The molecule has 28 heavy (non-hydrogen) atoms. The van der Waals surface area contributed by atoms with E-state index in [1.807, 2.05) is 43.3 Å². The fraction of sp³-hybridized carbons (Fsp3) is 0.417.